The fraction of sp³-hybridized carbons (Fsp3) is 0.409. The Kier molecular flexibility index (Phi) is 6.25. The minimum absolute atomic E-state index is 0.00680. The molecule has 3 heterocycles. The van der Waals surface area contributed by atoms with Crippen LogP contribution in [-0.4, -0.2) is 47.9 Å². The lowest BCUT2D eigenvalue weighted by Gasteiger charge is -2.32. The van der Waals surface area contributed by atoms with E-state index in [0.29, 0.717) is 38.1 Å². The molecule has 1 aromatic heterocycles. The highest BCUT2D eigenvalue weighted by Gasteiger charge is 2.35. The van der Waals surface area contributed by atoms with Crippen LogP contribution in [0.3, 0.4) is 0 Å². The van der Waals surface area contributed by atoms with Crippen molar-refractivity contribution in [3.05, 3.63) is 54.4 Å². The predicted molar refractivity (Wildman–Crippen MR) is 113 cm³/mol. The van der Waals surface area contributed by atoms with Crippen molar-refractivity contribution in [1.82, 2.24) is 20.7 Å². The Morgan fingerprint density at radius 3 is 2.73 bits per heavy atom. The zero-order valence-electron chi connectivity index (χ0n) is 17.0. The van der Waals surface area contributed by atoms with Gasteiger partial charge in [-0.05, 0) is 43.0 Å². The van der Waals surface area contributed by atoms with Gasteiger partial charge in [-0.2, -0.15) is 0 Å². The van der Waals surface area contributed by atoms with Crippen LogP contribution in [0.4, 0.5) is 5.69 Å². The molecule has 0 saturated carbocycles. The molecule has 2 aliphatic rings. The fourth-order valence-corrected chi connectivity index (χ4v) is 4.05. The number of hydrogen-bond acceptors (Lipinski definition) is 6. The topological polar surface area (TPSA) is 95.6 Å². The summed E-state index contributed by atoms with van der Waals surface area (Å²) in [5.41, 5.74) is 8.10. The first-order valence-corrected chi connectivity index (χ1v) is 10.3. The first-order valence-electron chi connectivity index (χ1n) is 10.3. The van der Waals surface area contributed by atoms with E-state index in [2.05, 4.69) is 21.2 Å². The van der Waals surface area contributed by atoms with Crippen LogP contribution in [-0.2, 0) is 9.59 Å². The van der Waals surface area contributed by atoms with Crippen molar-refractivity contribution in [1.29, 1.82) is 0 Å². The zero-order chi connectivity index (χ0) is 20.9. The van der Waals surface area contributed by atoms with E-state index in [-0.39, 0.29) is 29.8 Å². The van der Waals surface area contributed by atoms with Crippen molar-refractivity contribution >= 4 is 17.5 Å². The van der Waals surface area contributed by atoms with Crippen molar-refractivity contribution in [2.45, 2.75) is 31.3 Å². The van der Waals surface area contributed by atoms with E-state index in [9.17, 15) is 9.59 Å². The largest absolute Gasteiger partial charge is 0.497 e. The third-order valence-electron chi connectivity index (χ3n) is 5.80. The van der Waals surface area contributed by atoms with Crippen molar-refractivity contribution in [2.24, 2.45) is 5.92 Å². The van der Waals surface area contributed by atoms with Crippen LogP contribution < -0.4 is 20.9 Å². The number of ether oxygens (including phenoxy) is 1. The lowest BCUT2D eigenvalue weighted by Crippen LogP contribution is -2.49. The van der Waals surface area contributed by atoms with E-state index in [1.54, 1.807) is 19.4 Å². The number of benzene rings is 1. The molecule has 8 nitrogen and oxygen atoms in total. The highest BCUT2D eigenvalue weighted by Crippen LogP contribution is 2.25. The summed E-state index contributed by atoms with van der Waals surface area (Å²) in [6.45, 7) is 1.18. The van der Waals surface area contributed by atoms with Gasteiger partial charge in [-0.25, -0.2) is 10.9 Å². The maximum Gasteiger partial charge on any atom is 0.241 e. The van der Waals surface area contributed by atoms with Crippen LogP contribution in [0.25, 0.3) is 0 Å². The lowest BCUT2D eigenvalue weighted by atomic mass is 9.94. The number of anilines is 1. The number of hydrazine groups is 1. The number of nitrogens with zero attached hydrogens (tertiary/aromatic N) is 2. The highest BCUT2D eigenvalue weighted by molar-refractivity contribution is 5.93. The summed E-state index contributed by atoms with van der Waals surface area (Å²) in [7, 11) is 1.60. The standard InChI is InChI=1S/C22H27N5O3/c1-30-18-6-2-5-17(12-18)24-21(28)15-7-10-27(11-8-15)22(29)20-13-19(25-26-20)16-4-3-9-23-14-16/h2-6,9,12,14-15,19-20,25-26H,7-8,10-11,13H2,1H3,(H,24,28). The number of pyridine rings is 1. The maximum absolute atomic E-state index is 12.9. The summed E-state index contributed by atoms with van der Waals surface area (Å²) in [5, 5.41) is 2.96. The van der Waals surface area contributed by atoms with Gasteiger partial charge in [-0.3, -0.25) is 14.6 Å². The Labute approximate surface area is 176 Å². The number of methoxy groups -OCH3 is 1. The Bertz CT molecular complexity index is 883. The van der Waals surface area contributed by atoms with Gasteiger partial charge in [0.1, 0.15) is 11.8 Å². The SMILES string of the molecule is COc1cccc(NC(=O)C2CCN(C(=O)C3CC(c4cccnc4)NN3)CC2)c1. The monoisotopic (exact) mass is 409 g/mol. The molecular weight excluding hydrogens is 382 g/mol. The average Bonchev–Trinajstić information content (AvgIpc) is 3.30. The second kappa shape index (κ2) is 9.23. The van der Waals surface area contributed by atoms with Gasteiger partial charge in [-0.15, -0.1) is 0 Å². The number of hydrogen-bond donors (Lipinski definition) is 3. The summed E-state index contributed by atoms with van der Waals surface area (Å²) in [4.78, 5) is 31.5. The van der Waals surface area contributed by atoms with Crippen LogP contribution in [0.2, 0.25) is 0 Å². The summed E-state index contributed by atoms with van der Waals surface area (Å²) in [6, 6.07) is 11.0. The number of carbonyl (C=O) groups is 2. The number of likely N-dealkylation sites (tertiary alicyclic amines) is 1. The van der Waals surface area contributed by atoms with Gasteiger partial charge in [0, 0.05) is 49.2 Å². The normalized spacial score (nSPS) is 22.0. The first kappa shape index (κ1) is 20.3. The number of carbonyl (C=O) groups excluding carboxylic acids is 2. The predicted octanol–water partition coefficient (Wildman–Crippen LogP) is 1.88. The molecule has 3 N–H and O–H groups in total. The Balaban J connectivity index is 1.27. The number of piperidine rings is 1. The van der Waals surface area contributed by atoms with E-state index in [1.165, 1.54) is 0 Å². The lowest BCUT2D eigenvalue weighted by molar-refractivity contribution is -0.136. The second-order valence-electron chi connectivity index (χ2n) is 7.74. The fourth-order valence-electron chi connectivity index (χ4n) is 4.05. The van der Waals surface area contributed by atoms with E-state index in [4.69, 9.17) is 4.74 Å². The Morgan fingerprint density at radius 2 is 2.00 bits per heavy atom. The molecular formula is C22H27N5O3. The Morgan fingerprint density at radius 1 is 1.17 bits per heavy atom. The quantitative estimate of drug-likeness (QED) is 0.698. The Hall–Kier alpha value is -2.97. The molecule has 158 valence electrons. The number of nitrogens with one attached hydrogen (secondary N) is 3. The molecule has 0 radical (unpaired) electrons. The molecule has 2 atom stereocenters. The smallest absolute Gasteiger partial charge is 0.241 e. The second-order valence-corrected chi connectivity index (χ2v) is 7.74. The van der Waals surface area contributed by atoms with Gasteiger partial charge >= 0.3 is 0 Å². The summed E-state index contributed by atoms with van der Waals surface area (Å²) in [5.74, 6) is 0.682. The molecule has 0 aliphatic carbocycles. The molecule has 30 heavy (non-hydrogen) atoms. The molecule has 0 bridgehead atoms. The molecule has 0 spiro atoms. The summed E-state index contributed by atoms with van der Waals surface area (Å²) < 4.78 is 5.20. The van der Waals surface area contributed by atoms with Gasteiger partial charge in [-0.1, -0.05) is 12.1 Å². The molecule has 1 aromatic carbocycles. The number of amides is 2. The molecule has 2 aliphatic heterocycles. The van der Waals surface area contributed by atoms with Crippen molar-refractivity contribution < 1.29 is 14.3 Å². The minimum atomic E-state index is -0.266. The summed E-state index contributed by atoms with van der Waals surface area (Å²) in [6.07, 6.45) is 5.56. The zero-order valence-corrected chi connectivity index (χ0v) is 17.0. The van der Waals surface area contributed by atoms with Crippen LogP contribution in [0.1, 0.15) is 30.9 Å². The molecule has 2 fully saturated rings. The van der Waals surface area contributed by atoms with E-state index in [1.807, 2.05) is 41.4 Å². The van der Waals surface area contributed by atoms with E-state index >= 15 is 0 Å². The maximum atomic E-state index is 12.9. The van der Waals surface area contributed by atoms with Crippen molar-refractivity contribution in [2.75, 3.05) is 25.5 Å². The molecule has 8 heteroatoms. The van der Waals surface area contributed by atoms with Gasteiger partial charge in [0.05, 0.1) is 7.11 Å². The molecule has 2 unspecified atom stereocenters. The van der Waals surface area contributed by atoms with Crippen molar-refractivity contribution in [3.63, 3.8) is 0 Å². The molecule has 4 rings (SSSR count). The van der Waals surface area contributed by atoms with Gasteiger partial charge < -0.3 is 15.0 Å². The minimum Gasteiger partial charge on any atom is -0.497 e. The third-order valence-corrected chi connectivity index (χ3v) is 5.80. The van der Waals surface area contributed by atoms with Gasteiger partial charge in [0.2, 0.25) is 11.8 Å². The first-order chi connectivity index (χ1) is 14.6. The van der Waals surface area contributed by atoms with Crippen molar-refractivity contribution in [3.8, 4) is 5.75 Å². The summed E-state index contributed by atoms with van der Waals surface area (Å²) >= 11 is 0. The van der Waals surface area contributed by atoms with Gasteiger partial charge in [0.25, 0.3) is 0 Å². The van der Waals surface area contributed by atoms with E-state index in [0.717, 1.165) is 11.3 Å². The van der Waals surface area contributed by atoms with E-state index < -0.39 is 0 Å². The van der Waals surface area contributed by atoms with Crippen LogP contribution >= 0.6 is 0 Å². The van der Waals surface area contributed by atoms with Gasteiger partial charge in [0.15, 0.2) is 0 Å². The van der Waals surface area contributed by atoms with Crippen LogP contribution in [0.5, 0.6) is 5.75 Å². The van der Waals surface area contributed by atoms with Crippen LogP contribution in [0.15, 0.2) is 48.8 Å². The molecule has 2 aromatic rings. The average molecular weight is 409 g/mol. The highest BCUT2D eigenvalue weighted by atomic mass is 16.5. The molecule has 2 amide bonds. The van der Waals surface area contributed by atoms with Crippen LogP contribution in [0, 0.1) is 5.92 Å². The third kappa shape index (κ3) is 4.60. The molecule has 2 saturated heterocycles. The number of rotatable bonds is 5. The number of aromatic nitrogens is 1.